The van der Waals surface area contributed by atoms with Crippen molar-refractivity contribution in [2.75, 3.05) is 26.8 Å². The third-order valence-electron chi connectivity index (χ3n) is 4.42. The summed E-state index contributed by atoms with van der Waals surface area (Å²) in [5, 5.41) is 0. The summed E-state index contributed by atoms with van der Waals surface area (Å²) in [6.07, 6.45) is 2.53. The van der Waals surface area contributed by atoms with E-state index in [0.29, 0.717) is 25.3 Å². The molecule has 0 bridgehead atoms. The summed E-state index contributed by atoms with van der Waals surface area (Å²) in [5.74, 6) is 0.887. The lowest BCUT2D eigenvalue weighted by molar-refractivity contribution is -0.0208. The number of methoxy groups -OCH3 is 1. The van der Waals surface area contributed by atoms with E-state index >= 15 is 0 Å². The smallest absolute Gasteiger partial charge is 0.254 e. The van der Waals surface area contributed by atoms with Gasteiger partial charge in [-0.05, 0) is 35.4 Å². The Kier molecular flexibility index (Phi) is 5.51. The number of amides is 1. The Morgan fingerprint density at radius 1 is 1.32 bits per heavy atom. The first-order valence-corrected chi connectivity index (χ1v) is 8.46. The standard InChI is InChI=1S/C21H23NO3/c1-3-16-7-9-18(10-8-16)21(23)22-11-12-25-20(15-22)14-17-5-4-6-19(13-17)24-2/h3-10,13,20H,1,11-12,14-15H2,2H3/t20-/m0/s1. The Bertz CT molecular complexity index is 739. The van der Waals surface area contributed by atoms with Crippen molar-refractivity contribution in [3.05, 3.63) is 71.8 Å². The molecule has 25 heavy (non-hydrogen) atoms. The minimum absolute atomic E-state index is 0.00254. The molecule has 1 atom stereocenters. The van der Waals surface area contributed by atoms with Gasteiger partial charge in [-0.2, -0.15) is 0 Å². The van der Waals surface area contributed by atoms with Crippen molar-refractivity contribution in [2.24, 2.45) is 0 Å². The predicted octanol–water partition coefficient (Wildman–Crippen LogP) is 3.42. The topological polar surface area (TPSA) is 38.8 Å². The van der Waals surface area contributed by atoms with Crippen molar-refractivity contribution in [2.45, 2.75) is 12.5 Å². The molecular weight excluding hydrogens is 314 g/mol. The van der Waals surface area contributed by atoms with Gasteiger partial charge in [0.2, 0.25) is 0 Å². The largest absolute Gasteiger partial charge is 0.497 e. The van der Waals surface area contributed by atoms with Gasteiger partial charge in [0.1, 0.15) is 5.75 Å². The predicted molar refractivity (Wildman–Crippen MR) is 98.9 cm³/mol. The number of morpholine rings is 1. The highest BCUT2D eigenvalue weighted by atomic mass is 16.5. The molecule has 130 valence electrons. The quantitative estimate of drug-likeness (QED) is 0.839. The van der Waals surface area contributed by atoms with E-state index in [1.54, 1.807) is 13.2 Å². The Morgan fingerprint density at radius 2 is 2.12 bits per heavy atom. The maximum Gasteiger partial charge on any atom is 0.254 e. The summed E-state index contributed by atoms with van der Waals surface area (Å²) in [6.45, 7) is 5.52. The first-order valence-electron chi connectivity index (χ1n) is 8.46. The van der Waals surface area contributed by atoms with Gasteiger partial charge in [0.25, 0.3) is 5.91 Å². The van der Waals surface area contributed by atoms with Crippen LogP contribution in [-0.4, -0.2) is 43.7 Å². The van der Waals surface area contributed by atoms with Gasteiger partial charge >= 0.3 is 0 Å². The van der Waals surface area contributed by atoms with Gasteiger partial charge in [-0.1, -0.05) is 36.9 Å². The van der Waals surface area contributed by atoms with Crippen molar-refractivity contribution in [3.63, 3.8) is 0 Å². The fraction of sp³-hybridized carbons (Fsp3) is 0.286. The summed E-state index contributed by atoms with van der Waals surface area (Å²) in [4.78, 5) is 14.6. The van der Waals surface area contributed by atoms with Crippen LogP contribution in [0.4, 0.5) is 0 Å². The van der Waals surface area contributed by atoms with Gasteiger partial charge < -0.3 is 14.4 Å². The average Bonchev–Trinajstić information content (AvgIpc) is 2.68. The second-order valence-corrected chi connectivity index (χ2v) is 6.13. The fourth-order valence-electron chi connectivity index (χ4n) is 3.03. The number of nitrogens with zero attached hydrogens (tertiary/aromatic N) is 1. The summed E-state index contributed by atoms with van der Waals surface area (Å²) >= 11 is 0. The fourth-order valence-corrected chi connectivity index (χ4v) is 3.03. The summed E-state index contributed by atoms with van der Waals surface area (Å²) in [5.41, 5.74) is 2.86. The zero-order valence-electron chi connectivity index (χ0n) is 14.5. The van der Waals surface area contributed by atoms with Crippen molar-refractivity contribution in [1.29, 1.82) is 0 Å². The van der Waals surface area contributed by atoms with Gasteiger partial charge in [-0.15, -0.1) is 0 Å². The zero-order chi connectivity index (χ0) is 17.6. The Labute approximate surface area is 148 Å². The van der Waals surface area contributed by atoms with E-state index in [9.17, 15) is 4.79 Å². The highest BCUT2D eigenvalue weighted by Crippen LogP contribution is 2.18. The van der Waals surface area contributed by atoms with Crippen LogP contribution in [0.5, 0.6) is 5.75 Å². The normalized spacial score (nSPS) is 17.2. The maximum absolute atomic E-state index is 12.7. The molecular formula is C21H23NO3. The van der Waals surface area contributed by atoms with E-state index in [2.05, 4.69) is 12.6 Å². The van der Waals surface area contributed by atoms with Gasteiger partial charge in [-0.25, -0.2) is 0 Å². The molecule has 0 radical (unpaired) electrons. The first-order chi connectivity index (χ1) is 12.2. The molecule has 1 heterocycles. The number of carbonyl (C=O) groups excluding carboxylic acids is 1. The Hall–Kier alpha value is -2.59. The van der Waals surface area contributed by atoms with Gasteiger partial charge in [0.05, 0.1) is 19.8 Å². The summed E-state index contributed by atoms with van der Waals surface area (Å²) < 4.78 is 11.1. The molecule has 0 spiro atoms. The SMILES string of the molecule is C=Cc1ccc(C(=O)N2CCO[C@@H](Cc3cccc(OC)c3)C2)cc1. The average molecular weight is 337 g/mol. The van der Waals surface area contributed by atoms with Crippen LogP contribution in [0.3, 0.4) is 0 Å². The molecule has 0 N–H and O–H groups in total. The minimum atomic E-state index is -0.00254. The molecule has 4 heteroatoms. The van der Waals surface area contributed by atoms with E-state index in [4.69, 9.17) is 9.47 Å². The monoisotopic (exact) mass is 337 g/mol. The van der Waals surface area contributed by atoms with Crippen LogP contribution in [0.25, 0.3) is 6.08 Å². The molecule has 1 aliphatic heterocycles. The molecule has 0 unspecified atom stereocenters. The van der Waals surface area contributed by atoms with Gasteiger partial charge in [0.15, 0.2) is 0 Å². The molecule has 1 amide bonds. The van der Waals surface area contributed by atoms with Crippen LogP contribution >= 0.6 is 0 Å². The number of rotatable bonds is 5. The van der Waals surface area contributed by atoms with Crippen LogP contribution in [0.15, 0.2) is 55.1 Å². The molecule has 2 aromatic rings. The lowest BCUT2D eigenvalue weighted by Crippen LogP contribution is -2.46. The third-order valence-corrected chi connectivity index (χ3v) is 4.42. The molecule has 3 rings (SSSR count). The number of hydrogen-bond donors (Lipinski definition) is 0. The van der Waals surface area contributed by atoms with Crippen LogP contribution < -0.4 is 4.74 Å². The molecule has 1 fully saturated rings. The van der Waals surface area contributed by atoms with Crippen molar-refractivity contribution in [3.8, 4) is 5.75 Å². The van der Waals surface area contributed by atoms with Crippen LogP contribution in [0.2, 0.25) is 0 Å². The lowest BCUT2D eigenvalue weighted by Gasteiger charge is -2.33. The number of hydrogen-bond acceptors (Lipinski definition) is 3. The highest BCUT2D eigenvalue weighted by Gasteiger charge is 2.25. The molecule has 0 aliphatic carbocycles. The molecule has 0 saturated carbocycles. The van der Waals surface area contributed by atoms with E-state index < -0.39 is 0 Å². The number of benzene rings is 2. The third kappa shape index (κ3) is 4.28. The van der Waals surface area contributed by atoms with Gasteiger partial charge in [-0.3, -0.25) is 4.79 Å². The molecule has 1 saturated heterocycles. The van der Waals surface area contributed by atoms with Crippen LogP contribution in [0, 0.1) is 0 Å². The van der Waals surface area contributed by atoms with E-state index in [0.717, 1.165) is 23.3 Å². The molecule has 4 nitrogen and oxygen atoms in total. The maximum atomic E-state index is 12.7. The number of carbonyl (C=O) groups is 1. The number of ether oxygens (including phenoxy) is 2. The van der Waals surface area contributed by atoms with Crippen molar-refractivity contribution < 1.29 is 14.3 Å². The minimum Gasteiger partial charge on any atom is -0.497 e. The van der Waals surface area contributed by atoms with Crippen molar-refractivity contribution in [1.82, 2.24) is 4.90 Å². The van der Waals surface area contributed by atoms with E-state index in [1.165, 1.54) is 0 Å². The zero-order valence-corrected chi connectivity index (χ0v) is 14.5. The lowest BCUT2D eigenvalue weighted by atomic mass is 10.1. The highest BCUT2D eigenvalue weighted by molar-refractivity contribution is 5.94. The summed E-state index contributed by atoms with van der Waals surface area (Å²) in [6, 6.07) is 15.5. The Balaban J connectivity index is 1.65. The second-order valence-electron chi connectivity index (χ2n) is 6.13. The van der Waals surface area contributed by atoms with Crippen LogP contribution in [-0.2, 0) is 11.2 Å². The van der Waals surface area contributed by atoms with E-state index in [-0.39, 0.29) is 12.0 Å². The van der Waals surface area contributed by atoms with Crippen molar-refractivity contribution >= 4 is 12.0 Å². The molecule has 0 aromatic heterocycles. The Morgan fingerprint density at radius 3 is 2.84 bits per heavy atom. The summed E-state index contributed by atoms with van der Waals surface area (Å²) in [7, 11) is 1.66. The van der Waals surface area contributed by atoms with E-state index in [1.807, 2.05) is 47.4 Å². The molecule has 1 aliphatic rings. The van der Waals surface area contributed by atoms with Gasteiger partial charge in [0, 0.05) is 25.1 Å². The molecule has 2 aromatic carbocycles. The van der Waals surface area contributed by atoms with Crippen LogP contribution in [0.1, 0.15) is 21.5 Å². The second kappa shape index (κ2) is 7.99. The first kappa shape index (κ1) is 17.2.